The highest BCUT2D eigenvalue weighted by molar-refractivity contribution is 8.13. The molecule has 1 rings (SSSR count). The zero-order chi connectivity index (χ0) is 15.2. The van der Waals surface area contributed by atoms with E-state index in [9.17, 15) is 13.2 Å². The fraction of sp³-hybridized carbons (Fsp3) is 0.462. The summed E-state index contributed by atoms with van der Waals surface area (Å²) < 4.78 is 27.7. The number of halogens is 1. The maximum Gasteiger partial charge on any atom is 0.261 e. The number of hydrogen-bond donors (Lipinski definition) is 1. The molecule has 0 saturated carbocycles. The lowest BCUT2D eigenvalue weighted by Crippen LogP contribution is -2.25. The Morgan fingerprint density at radius 2 is 2.05 bits per heavy atom. The van der Waals surface area contributed by atoms with E-state index in [4.69, 9.17) is 15.4 Å². The van der Waals surface area contributed by atoms with Gasteiger partial charge in [0.1, 0.15) is 5.75 Å². The normalized spacial score (nSPS) is 11.2. The SMILES string of the molecule is CCCCCNC(=O)c1cc(S(=O)(=O)Cl)ccc1OC. The van der Waals surface area contributed by atoms with Gasteiger partial charge >= 0.3 is 0 Å². The zero-order valence-corrected chi connectivity index (χ0v) is 13.1. The van der Waals surface area contributed by atoms with E-state index in [-0.39, 0.29) is 16.4 Å². The van der Waals surface area contributed by atoms with Crippen LogP contribution in [-0.2, 0) is 9.05 Å². The average molecular weight is 320 g/mol. The molecule has 0 spiro atoms. The van der Waals surface area contributed by atoms with Crippen LogP contribution in [0.3, 0.4) is 0 Å². The standard InChI is InChI=1S/C13H18ClNO4S/c1-3-4-5-8-15-13(16)11-9-10(20(14,17)18)6-7-12(11)19-2/h6-7,9H,3-5,8H2,1-2H3,(H,15,16). The fourth-order valence-electron chi connectivity index (χ4n) is 1.69. The second kappa shape index (κ2) is 7.50. The number of carbonyl (C=O) groups excluding carboxylic acids is 1. The summed E-state index contributed by atoms with van der Waals surface area (Å²) in [6, 6.07) is 3.93. The van der Waals surface area contributed by atoms with Crippen molar-refractivity contribution in [2.45, 2.75) is 31.1 Å². The van der Waals surface area contributed by atoms with Crippen LogP contribution < -0.4 is 10.1 Å². The Kier molecular flexibility index (Phi) is 6.29. The Balaban J connectivity index is 2.93. The van der Waals surface area contributed by atoms with Gasteiger partial charge in [-0.3, -0.25) is 4.79 Å². The molecule has 1 aromatic rings. The van der Waals surface area contributed by atoms with E-state index >= 15 is 0 Å². The predicted octanol–water partition coefficient (Wildman–Crippen LogP) is 2.54. The number of benzene rings is 1. The first-order valence-electron chi connectivity index (χ1n) is 6.31. The van der Waals surface area contributed by atoms with E-state index < -0.39 is 9.05 Å². The molecule has 0 saturated heterocycles. The molecule has 1 amide bonds. The van der Waals surface area contributed by atoms with Crippen LogP contribution in [0.1, 0.15) is 36.5 Å². The largest absolute Gasteiger partial charge is 0.496 e. The van der Waals surface area contributed by atoms with Crippen molar-refractivity contribution in [2.75, 3.05) is 13.7 Å². The molecule has 1 N–H and O–H groups in total. The highest BCUT2D eigenvalue weighted by atomic mass is 35.7. The number of rotatable bonds is 7. The molecule has 0 atom stereocenters. The summed E-state index contributed by atoms with van der Waals surface area (Å²) in [5, 5.41) is 2.73. The molecule has 0 fully saturated rings. The summed E-state index contributed by atoms with van der Waals surface area (Å²) in [5.74, 6) is -0.0674. The quantitative estimate of drug-likeness (QED) is 0.619. The van der Waals surface area contributed by atoms with Crippen LogP contribution in [0.15, 0.2) is 23.1 Å². The third kappa shape index (κ3) is 4.68. The average Bonchev–Trinajstić information content (AvgIpc) is 2.41. The highest BCUT2D eigenvalue weighted by Crippen LogP contribution is 2.24. The molecular weight excluding hydrogens is 302 g/mol. The fourth-order valence-corrected chi connectivity index (χ4v) is 2.47. The molecule has 0 heterocycles. The van der Waals surface area contributed by atoms with Crippen LogP contribution in [0.5, 0.6) is 5.75 Å². The summed E-state index contributed by atoms with van der Waals surface area (Å²) in [7, 11) is 2.81. The van der Waals surface area contributed by atoms with Crippen molar-refractivity contribution in [1.29, 1.82) is 0 Å². The van der Waals surface area contributed by atoms with Gasteiger partial charge in [-0.2, -0.15) is 0 Å². The molecule has 0 aliphatic carbocycles. The molecule has 0 aromatic heterocycles. The van der Waals surface area contributed by atoms with Gasteiger partial charge in [-0.05, 0) is 24.6 Å². The smallest absolute Gasteiger partial charge is 0.261 e. The minimum Gasteiger partial charge on any atom is -0.496 e. The molecule has 7 heteroatoms. The third-order valence-electron chi connectivity index (χ3n) is 2.76. The number of hydrogen-bond acceptors (Lipinski definition) is 4. The van der Waals surface area contributed by atoms with Gasteiger partial charge in [-0.1, -0.05) is 19.8 Å². The van der Waals surface area contributed by atoms with Crippen molar-refractivity contribution in [3.63, 3.8) is 0 Å². The van der Waals surface area contributed by atoms with E-state index in [2.05, 4.69) is 12.2 Å². The lowest BCUT2D eigenvalue weighted by atomic mass is 10.2. The van der Waals surface area contributed by atoms with Gasteiger partial charge in [0.2, 0.25) is 0 Å². The Hall–Kier alpha value is -1.27. The highest BCUT2D eigenvalue weighted by Gasteiger charge is 2.17. The second-order valence-electron chi connectivity index (χ2n) is 4.26. The minimum absolute atomic E-state index is 0.126. The molecule has 0 aliphatic rings. The van der Waals surface area contributed by atoms with Gasteiger partial charge in [-0.15, -0.1) is 0 Å². The zero-order valence-electron chi connectivity index (χ0n) is 11.5. The predicted molar refractivity (Wildman–Crippen MR) is 77.9 cm³/mol. The number of ether oxygens (including phenoxy) is 1. The summed E-state index contributed by atoms with van der Waals surface area (Å²) >= 11 is 0. The molecule has 0 aliphatic heterocycles. The molecule has 0 radical (unpaired) electrons. The van der Waals surface area contributed by atoms with E-state index in [0.29, 0.717) is 12.3 Å². The van der Waals surface area contributed by atoms with Gasteiger partial charge in [-0.25, -0.2) is 8.42 Å². The molecule has 20 heavy (non-hydrogen) atoms. The van der Waals surface area contributed by atoms with Crippen LogP contribution in [0.2, 0.25) is 0 Å². The van der Waals surface area contributed by atoms with E-state index in [1.807, 2.05) is 0 Å². The van der Waals surface area contributed by atoms with Gasteiger partial charge in [0.25, 0.3) is 15.0 Å². The maximum absolute atomic E-state index is 12.0. The molecule has 1 aromatic carbocycles. The first-order valence-corrected chi connectivity index (χ1v) is 8.62. The van der Waals surface area contributed by atoms with E-state index in [0.717, 1.165) is 19.3 Å². The number of amides is 1. The molecule has 0 unspecified atom stereocenters. The van der Waals surface area contributed by atoms with Crippen LogP contribution in [0.4, 0.5) is 0 Å². The maximum atomic E-state index is 12.0. The third-order valence-corrected chi connectivity index (χ3v) is 4.11. The Morgan fingerprint density at radius 1 is 1.35 bits per heavy atom. The Bertz CT molecular complexity index is 572. The van der Waals surface area contributed by atoms with Gasteiger partial charge in [0.05, 0.1) is 17.6 Å². The lowest BCUT2D eigenvalue weighted by molar-refractivity contribution is 0.0949. The molecule has 112 valence electrons. The molecular formula is C13H18ClNO4S. The number of unbranched alkanes of at least 4 members (excludes halogenated alkanes) is 2. The van der Waals surface area contributed by atoms with Crippen molar-refractivity contribution in [3.05, 3.63) is 23.8 Å². The monoisotopic (exact) mass is 319 g/mol. The topological polar surface area (TPSA) is 72.5 Å². The first-order chi connectivity index (χ1) is 9.40. The van der Waals surface area contributed by atoms with Crippen molar-refractivity contribution in [3.8, 4) is 5.75 Å². The number of nitrogens with one attached hydrogen (secondary N) is 1. The van der Waals surface area contributed by atoms with Gasteiger partial charge < -0.3 is 10.1 Å². The van der Waals surface area contributed by atoms with Gasteiger partial charge in [0, 0.05) is 17.2 Å². The van der Waals surface area contributed by atoms with Crippen LogP contribution in [0.25, 0.3) is 0 Å². The molecule has 5 nitrogen and oxygen atoms in total. The van der Waals surface area contributed by atoms with E-state index in [1.165, 1.54) is 25.3 Å². The van der Waals surface area contributed by atoms with Crippen LogP contribution >= 0.6 is 10.7 Å². The van der Waals surface area contributed by atoms with E-state index in [1.54, 1.807) is 0 Å². The van der Waals surface area contributed by atoms with Crippen molar-refractivity contribution in [2.24, 2.45) is 0 Å². The number of carbonyl (C=O) groups is 1. The Labute approximate surface area is 123 Å². The molecule has 0 bridgehead atoms. The van der Waals surface area contributed by atoms with Crippen molar-refractivity contribution >= 4 is 25.6 Å². The van der Waals surface area contributed by atoms with Crippen LogP contribution in [0, 0.1) is 0 Å². The van der Waals surface area contributed by atoms with Crippen LogP contribution in [-0.4, -0.2) is 28.0 Å². The lowest BCUT2D eigenvalue weighted by Gasteiger charge is -2.10. The summed E-state index contributed by atoms with van der Waals surface area (Å²) in [6.45, 7) is 2.60. The first kappa shape index (κ1) is 16.8. The summed E-state index contributed by atoms with van der Waals surface area (Å²) in [5.41, 5.74) is 0.158. The number of methoxy groups -OCH3 is 1. The minimum atomic E-state index is -3.88. The second-order valence-corrected chi connectivity index (χ2v) is 6.83. The van der Waals surface area contributed by atoms with Gasteiger partial charge in [0.15, 0.2) is 0 Å². The summed E-state index contributed by atoms with van der Waals surface area (Å²) in [4.78, 5) is 11.9. The van der Waals surface area contributed by atoms with Crippen molar-refractivity contribution in [1.82, 2.24) is 5.32 Å². The summed E-state index contributed by atoms with van der Waals surface area (Å²) in [6.07, 6.45) is 2.95. The van der Waals surface area contributed by atoms with Crippen molar-refractivity contribution < 1.29 is 17.9 Å². The Morgan fingerprint density at radius 3 is 2.60 bits per heavy atom.